The van der Waals surface area contributed by atoms with Crippen LogP contribution in [0.3, 0.4) is 0 Å². The van der Waals surface area contributed by atoms with Crippen molar-refractivity contribution in [1.29, 1.82) is 0 Å². The van der Waals surface area contributed by atoms with Crippen molar-refractivity contribution < 1.29 is 4.39 Å². The quantitative estimate of drug-likeness (QED) is 0.524. The maximum atomic E-state index is 12.7. The SMILES string of the molecule is CN=Cc1ccccc1F. The Kier molecular flexibility index (Phi) is 2.15. The molecule has 0 saturated heterocycles. The van der Waals surface area contributed by atoms with Gasteiger partial charge in [-0.05, 0) is 6.07 Å². The molecule has 1 nitrogen and oxygen atoms in total. The molecule has 1 rings (SSSR count). The van der Waals surface area contributed by atoms with E-state index in [0.29, 0.717) is 5.56 Å². The highest BCUT2D eigenvalue weighted by Crippen LogP contribution is 2.02. The van der Waals surface area contributed by atoms with Crippen LogP contribution in [0.1, 0.15) is 5.56 Å². The number of nitrogens with zero attached hydrogens (tertiary/aromatic N) is 1. The van der Waals surface area contributed by atoms with E-state index in [1.165, 1.54) is 12.3 Å². The monoisotopic (exact) mass is 137 g/mol. The molecule has 0 aliphatic carbocycles. The van der Waals surface area contributed by atoms with Gasteiger partial charge in [-0.15, -0.1) is 0 Å². The van der Waals surface area contributed by atoms with Gasteiger partial charge in [0, 0.05) is 18.8 Å². The summed E-state index contributed by atoms with van der Waals surface area (Å²) in [7, 11) is 1.62. The van der Waals surface area contributed by atoms with Gasteiger partial charge in [0.25, 0.3) is 0 Å². The van der Waals surface area contributed by atoms with Gasteiger partial charge in [0.05, 0.1) is 0 Å². The molecule has 0 aromatic heterocycles. The van der Waals surface area contributed by atoms with Crippen molar-refractivity contribution in [2.75, 3.05) is 7.05 Å². The van der Waals surface area contributed by atoms with Gasteiger partial charge in [-0.3, -0.25) is 4.99 Å². The molecular formula is C8H8FN. The minimum absolute atomic E-state index is 0.229. The zero-order valence-electron chi connectivity index (χ0n) is 5.71. The molecular weight excluding hydrogens is 129 g/mol. The van der Waals surface area contributed by atoms with Crippen LogP contribution < -0.4 is 0 Å². The maximum Gasteiger partial charge on any atom is 0.131 e. The van der Waals surface area contributed by atoms with Crippen molar-refractivity contribution >= 4 is 6.21 Å². The molecule has 0 spiro atoms. The summed E-state index contributed by atoms with van der Waals surface area (Å²) in [5, 5.41) is 0. The summed E-state index contributed by atoms with van der Waals surface area (Å²) in [4.78, 5) is 3.70. The van der Waals surface area contributed by atoms with Gasteiger partial charge < -0.3 is 0 Å². The molecule has 1 aromatic rings. The second-order valence-electron chi connectivity index (χ2n) is 1.91. The van der Waals surface area contributed by atoms with Gasteiger partial charge in [0.1, 0.15) is 5.82 Å². The largest absolute Gasteiger partial charge is 0.296 e. The van der Waals surface area contributed by atoms with Gasteiger partial charge >= 0.3 is 0 Å². The summed E-state index contributed by atoms with van der Waals surface area (Å²) in [6.45, 7) is 0. The van der Waals surface area contributed by atoms with E-state index in [1.807, 2.05) is 0 Å². The first kappa shape index (κ1) is 6.93. The lowest BCUT2D eigenvalue weighted by molar-refractivity contribution is 0.626. The summed E-state index contributed by atoms with van der Waals surface area (Å²) in [6, 6.07) is 6.53. The zero-order chi connectivity index (χ0) is 7.40. The van der Waals surface area contributed by atoms with E-state index in [1.54, 1.807) is 25.2 Å². The first-order valence-electron chi connectivity index (χ1n) is 3.01. The Labute approximate surface area is 59.2 Å². The Morgan fingerprint density at radius 1 is 1.40 bits per heavy atom. The van der Waals surface area contributed by atoms with Crippen LogP contribution in [-0.4, -0.2) is 13.3 Å². The number of hydrogen-bond donors (Lipinski definition) is 0. The summed E-state index contributed by atoms with van der Waals surface area (Å²) < 4.78 is 12.7. The van der Waals surface area contributed by atoms with Crippen LogP contribution >= 0.6 is 0 Å². The van der Waals surface area contributed by atoms with Gasteiger partial charge in [-0.2, -0.15) is 0 Å². The Morgan fingerprint density at radius 2 is 2.10 bits per heavy atom. The van der Waals surface area contributed by atoms with Crippen LogP contribution in [0.2, 0.25) is 0 Å². The van der Waals surface area contributed by atoms with Crippen molar-refractivity contribution in [1.82, 2.24) is 0 Å². The topological polar surface area (TPSA) is 12.4 Å². The van der Waals surface area contributed by atoms with Crippen LogP contribution in [0.15, 0.2) is 29.3 Å². The standard InChI is InChI=1S/C8H8FN/c1-10-6-7-4-2-3-5-8(7)9/h2-6H,1H3. The molecule has 1 aromatic carbocycles. The van der Waals surface area contributed by atoms with E-state index in [0.717, 1.165) is 0 Å². The molecule has 0 aliphatic rings. The second-order valence-corrected chi connectivity index (χ2v) is 1.91. The van der Waals surface area contributed by atoms with Crippen molar-refractivity contribution in [2.24, 2.45) is 4.99 Å². The fourth-order valence-corrected chi connectivity index (χ4v) is 0.719. The van der Waals surface area contributed by atoms with Crippen LogP contribution in [0.5, 0.6) is 0 Å². The number of halogens is 1. The fourth-order valence-electron chi connectivity index (χ4n) is 0.719. The molecule has 0 N–H and O–H groups in total. The molecule has 0 atom stereocenters. The van der Waals surface area contributed by atoms with Crippen LogP contribution in [-0.2, 0) is 0 Å². The molecule has 0 unspecified atom stereocenters. The molecule has 52 valence electrons. The molecule has 0 amide bonds. The summed E-state index contributed by atoms with van der Waals surface area (Å²) in [5.74, 6) is -0.229. The second kappa shape index (κ2) is 3.11. The van der Waals surface area contributed by atoms with Gasteiger partial charge in [-0.25, -0.2) is 4.39 Å². The normalized spacial score (nSPS) is 10.6. The predicted molar refractivity (Wildman–Crippen MR) is 39.9 cm³/mol. The minimum Gasteiger partial charge on any atom is -0.296 e. The zero-order valence-corrected chi connectivity index (χ0v) is 5.71. The minimum atomic E-state index is -0.229. The van der Waals surface area contributed by atoms with E-state index in [-0.39, 0.29) is 5.82 Å². The first-order chi connectivity index (χ1) is 4.84. The van der Waals surface area contributed by atoms with Crippen molar-refractivity contribution in [3.63, 3.8) is 0 Å². The Morgan fingerprint density at radius 3 is 2.70 bits per heavy atom. The van der Waals surface area contributed by atoms with Gasteiger partial charge in [0.2, 0.25) is 0 Å². The molecule has 0 aliphatic heterocycles. The van der Waals surface area contributed by atoms with Gasteiger partial charge in [-0.1, -0.05) is 18.2 Å². The number of aliphatic imine (C=N–C) groups is 1. The van der Waals surface area contributed by atoms with Crippen molar-refractivity contribution in [2.45, 2.75) is 0 Å². The smallest absolute Gasteiger partial charge is 0.131 e. The number of rotatable bonds is 1. The average molecular weight is 137 g/mol. The fraction of sp³-hybridized carbons (Fsp3) is 0.125. The highest BCUT2D eigenvalue weighted by atomic mass is 19.1. The van der Waals surface area contributed by atoms with E-state index in [9.17, 15) is 4.39 Å². The van der Waals surface area contributed by atoms with Gasteiger partial charge in [0.15, 0.2) is 0 Å². The Bertz CT molecular complexity index is 243. The lowest BCUT2D eigenvalue weighted by Gasteiger charge is -1.91. The van der Waals surface area contributed by atoms with E-state index >= 15 is 0 Å². The highest BCUT2D eigenvalue weighted by Gasteiger charge is 1.93. The Hall–Kier alpha value is -1.18. The molecule has 0 fully saturated rings. The Balaban J connectivity index is 3.03. The maximum absolute atomic E-state index is 12.7. The third-order valence-corrected chi connectivity index (χ3v) is 1.17. The van der Waals surface area contributed by atoms with E-state index in [4.69, 9.17) is 0 Å². The molecule has 0 radical (unpaired) electrons. The molecule has 10 heavy (non-hydrogen) atoms. The first-order valence-corrected chi connectivity index (χ1v) is 3.01. The van der Waals surface area contributed by atoms with Crippen molar-refractivity contribution in [3.8, 4) is 0 Å². The number of hydrogen-bond acceptors (Lipinski definition) is 1. The predicted octanol–water partition coefficient (Wildman–Crippen LogP) is 1.87. The lowest BCUT2D eigenvalue weighted by atomic mass is 10.2. The number of benzene rings is 1. The third-order valence-electron chi connectivity index (χ3n) is 1.17. The lowest BCUT2D eigenvalue weighted by Crippen LogP contribution is -1.85. The molecule has 0 heterocycles. The summed E-state index contributed by atoms with van der Waals surface area (Å²) >= 11 is 0. The summed E-state index contributed by atoms with van der Waals surface area (Å²) in [6.07, 6.45) is 1.50. The molecule has 0 bridgehead atoms. The van der Waals surface area contributed by atoms with Crippen LogP contribution in [0.25, 0.3) is 0 Å². The van der Waals surface area contributed by atoms with E-state index in [2.05, 4.69) is 4.99 Å². The average Bonchev–Trinajstić information content (AvgIpc) is 1.94. The van der Waals surface area contributed by atoms with Crippen LogP contribution in [0, 0.1) is 5.82 Å². The molecule has 2 heteroatoms. The highest BCUT2D eigenvalue weighted by molar-refractivity contribution is 5.79. The summed E-state index contributed by atoms with van der Waals surface area (Å²) in [5.41, 5.74) is 0.532. The van der Waals surface area contributed by atoms with Crippen LogP contribution in [0.4, 0.5) is 4.39 Å². The molecule has 0 saturated carbocycles. The van der Waals surface area contributed by atoms with E-state index < -0.39 is 0 Å². The third kappa shape index (κ3) is 1.41. The van der Waals surface area contributed by atoms with Crippen molar-refractivity contribution in [3.05, 3.63) is 35.6 Å².